The molecular weight excluding hydrogens is 228 g/mol. The summed E-state index contributed by atoms with van der Waals surface area (Å²) in [7, 11) is 0. The third-order valence-corrected chi connectivity index (χ3v) is 3.25. The van der Waals surface area contributed by atoms with Crippen LogP contribution < -0.4 is 11.1 Å². The summed E-state index contributed by atoms with van der Waals surface area (Å²) in [5, 5.41) is 3.18. The molecule has 0 spiro atoms. The minimum atomic E-state index is 0.207. The first-order valence-corrected chi connectivity index (χ1v) is 6.65. The molecule has 3 N–H and O–H groups in total. The Morgan fingerprint density at radius 1 is 1.39 bits per heavy atom. The molecule has 1 unspecified atom stereocenters. The number of hydrogen-bond donors (Lipinski definition) is 2. The van der Waals surface area contributed by atoms with E-state index >= 15 is 0 Å². The summed E-state index contributed by atoms with van der Waals surface area (Å²) in [6.07, 6.45) is 6.92. The maximum atomic E-state index is 5.69. The van der Waals surface area contributed by atoms with Crippen LogP contribution >= 0.6 is 0 Å². The summed E-state index contributed by atoms with van der Waals surface area (Å²) in [5.74, 6) is 1.24. The molecule has 0 bridgehead atoms. The van der Waals surface area contributed by atoms with Gasteiger partial charge in [0, 0.05) is 38.2 Å². The maximum Gasteiger partial charge on any atom is 0.222 e. The number of ether oxygens (including phenoxy) is 1. The zero-order chi connectivity index (χ0) is 12.8. The summed E-state index contributed by atoms with van der Waals surface area (Å²) in [5.41, 5.74) is 6.90. The molecule has 2 heterocycles. The standard InChI is InChI=1S/C13H22N4O/c1-10(14)2-5-15-13-16-8-12(9-17-13)11-3-6-18-7-4-11/h8-11H,2-7,14H2,1H3,(H,15,16,17). The quantitative estimate of drug-likeness (QED) is 0.829. The van der Waals surface area contributed by atoms with Crippen LogP contribution in [0.25, 0.3) is 0 Å². The summed E-state index contributed by atoms with van der Waals surface area (Å²) in [4.78, 5) is 8.69. The Morgan fingerprint density at radius 2 is 2.06 bits per heavy atom. The van der Waals surface area contributed by atoms with E-state index in [2.05, 4.69) is 15.3 Å². The lowest BCUT2D eigenvalue weighted by Gasteiger charge is -2.21. The third-order valence-electron chi connectivity index (χ3n) is 3.25. The fraction of sp³-hybridized carbons (Fsp3) is 0.692. The van der Waals surface area contributed by atoms with Crippen LogP contribution in [0.3, 0.4) is 0 Å². The van der Waals surface area contributed by atoms with Crippen molar-refractivity contribution < 1.29 is 4.74 Å². The predicted octanol–water partition coefficient (Wildman–Crippen LogP) is 1.52. The van der Waals surface area contributed by atoms with Gasteiger partial charge in [-0.3, -0.25) is 0 Å². The van der Waals surface area contributed by atoms with Crippen LogP contribution in [0.4, 0.5) is 5.95 Å². The molecule has 0 radical (unpaired) electrons. The van der Waals surface area contributed by atoms with Gasteiger partial charge in [-0.25, -0.2) is 9.97 Å². The highest BCUT2D eigenvalue weighted by Gasteiger charge is 2.16. The Balaban J connectivity index is 1.84. The van der Waals surface area contributed by atoms with Crippen LogP contribution in [-0.4, -0.2) is 35.8 Å². The zero-order valence-corrected chi connectivity index (χ0v) is 10.9. The van der Waals surface area contributed by atoms with Crippen LogP contribution in [0.1, 0.15) is 37.7 Å². The van der Waals surface area contributed by atoms with Crippen molar-refractivity contribution in [1.29, 1.82) is 0 Å². The van der Waals surface area contributed by atoms with Crippen LogP contribution in [-0.2, 0) is 4.74 Å². The van der Waals surface area contributed by atoms with E-state index in [4.69, 9.17) is 10.5 Å². The number of nitrogens with zero attached hydrogens (tertiary/aromatic N) is 2. The topological polar surface area (TPSA) is 73.1 Å². The first kappa shape index (κ1) is 13.2. The van der Waals surface area contributed by atoms with Crippen molar-refractivity contribution in [3.8, 4) is 0 Å². The molecule has 0 saturated carbocycles. The van der Waals surface area contributed by atoms with E-state index in [1.165, 1.54) is 5.56 Å². The van der Waals surface area contributed by atoms with Gasteiger partial charge < -0.3 is 15.8 Å². The van der Waals surface area contributed by atoms with E-state index in [1.54, 1.807) is 0 Å². The SMILES string of the molecule is CC(N)CCNc1ncc(C2CCOCC2)cn1. The van der Waals surface area contributed by atoms with Gasteiger partial charge in [-0.15, -0.1) is 0 Å². The number of rotatable bonds is 5. The first-order chi connectivity index (χ1) is 8.75. The number of nitrogens with one attached hydrogen (secondary N) is 1. The van der Waals surface area contributed by atoms with E-state index in [1.807, 2.05) is 19.3 Å². The highest BCUT2D eigenvalue weighted by atomic mass is 16.5. The molecule has 1 aliphatic heterocycles. The Morgan fingerprint density at radius 3 is 2.67 bits per heavy atom. The van der Waals surface area contributed by atoms with E-state index in [0.717, 1.165) is 39.0 Å². The van der Waals surface area contributed by atoms with E-state index in [9.17, 15) is 0 Å². The average Bonchev–Trinajstić information content (AvgIpc) is 2.40. The van der Waals surface area contributed by atoms with Crippen molar-refractivity contribution in [3.63, 3.8) is 0 Å². The molecule has 5 heteroatoms. The maximum absolute atomic E-state index is 5.69. The lowest BCUT2D eigenvalue weighted by molar-refractivity contribution is 0.0852. The second-order valence-corrected chi connectivity index (χ2v) is 4.92. The van der Waals surface area contributed by atoms with E-state index in [-0.39, 0.29) is 6.04 Å². The Kier molecular flexibility index (Phi) is 4.90. The summed E-state index contributed by atoms with van der Waals surface area (Å²) >= 11 is 0. The molecule has 18 heavy (non-hydrogen) atoms. The fourth-order valence-electron chi connectivity index (χ4n) is 2.08. The van der Waals surface area contributed by atoms with Gasteiger partial charge in [-0.1, -0.05) is 0 Å². The van der Waals surface area contributed by atoms with Crippen molar-refractivity contribution in [2.75, 3.05) is 25.1 Å². The largest absolute Gasteiger partial charge is 0.381 e. The molecule has 2 rings (SSSR count). The molecule has 1 aromatic rings. The highest BCUT2D eigenvalue weighted by molar-refractivity contribution is 5.26. The normalized spacial score (nSPS) is 18.6. The number of anilines is 1. The lowest BCUT2D eigenvalue weighted by Crippen LogP contribution is -2.20. The molecule has 1 aromatic heterocycles. The van der Waals surface area contributed by atoms with Crippen LogP contribution in [0.15, 0.2) is 12.4 Å². The molecule has 1 saturated heterocycles. The Bertz CT molecular complexity index is 347. The summed E-state index contributed by atoms with van der Waals surface area (Å²) < 4.78 is 5.36. The lowest BCUT2D eigenvalue weighted by atomic mass is 9.94. The molecule has 0 aromatic carbocycles. The minimum Gasteiger partial charge on any atom is -0.381 e. The van der Waals surface area contributed by atoms with Gasteiger partial charge in [-0.2, -0.15) is 0 Å². The highest BCUT2D eigenvalue weighted by Crippen LogP contribution is 2.25. The van der Waals surface area contributed by atoms with Gasteiger partial charge in [0.05, 0.1) is 0 Å². The van der Waals surface area contributed by atoms with Crippen molar-refractivity contribution in [2.24, 2.45) is 5.73 Å². The molecule has 5 nitrogen and oxygen atoms in total. The second-order valence-electron chi connectivity index (χ2n) is 4.92. The van der Waals surface area contributed by atoms with Crippen LogP contribution in [0.2, 0.25) is 0 Å². The molecule has 0 aliphatic carbocycles. The fourth-order valence-corrected chi connectivity index (χ4v) is 2.08. The molecular formula is C13H22N4O. The monoisotopic (exact) mass is 250 g/mol. The predicted molar refractivity (Wildman–Crippen MR) is 71.6 cm³/mol. The minimum absolute atomic E-state index is 0.207. The van der Waals surface area contributed by atoms with E-state index in [0.29, 0.717) is 11.9 Å². The van der Waals surface area contributed by atoms with Crippen molar-refractivity contribution in [1.82, 2.24) is 9.97 Å². The molecule has 1 aliphatic rings. The van der Waals surface area contributed by atoms with Gasteiger partial charge in [0.2, 0.25) is 5.95 Å². The number of aromatic nitrogens is 2. The first-order valence-electron chi connectivity index (χ1n) is 6.65. The van der Waals surface area contributed by atoms with Crippen LogP contribution in [0, 0.1) is 0 Å². The van der Waals surface area contributed by atoms with Crippen LogP contribution in [0.5, 0.6) is 0 Å². The zero-order valence-electron chi connectivity index (χ0n) is 10.9. The average molecular weight is 250 g/mol. The Hall–Kier alpha value is -1.20. The van der Waals surface area contributed by atoms with E-state index < -0.39 is 0 Å². The second kappa shape index (κ2) is 6.66. The molecule has 1 atom stereocenters. The van der Waals surface area contributed by atoms with Gasteiger partial charge in [0.25, 0.3) is 0 Å². The molecule has 100 valence electrons. The molecule has 1 fully saturated rings. The van der Waals surface area contributed by atoms with Gasteiger partial charge in [-0.05, 0) is 37.7 Å². The number of hydrogen-bond acceptors (Lipinski definition) is 5. The van der Waals surface area contributed by atoms with Crippen molar-refractivity contribution in [3.05, 3.63) is 18.0 Å². The number of nitrogens with two attached hydrogens (primary N) is 1. The summed E-state index contributed by atoms with van der Waals surface area (Å²) in [6.45, 7) is 4.50. The Labute approximate surface area is 108 Å². The smallest absolute Gasteiger partial charge is 0.222 e. The summed E-state index contributed by atoms with van der Waals surface area (Å²) in [6, 6.07) is 0.207. The van der Waals surface area contributed by atoms with Gasteiger partial charge in [0.1, 0.15) is 0 Å². The van der Waals surface area contributed by atoms with Gasteiger partial charge >= 0.3 is 0 Å². The third kappa shape index (κ3) is 3.92. The molecule has 0 amide bonds. The van der Waals surface area contributed by atoms with Crippen molar-refractivity contribution >= 4 is 5.95 Å². The van der Waals surface area contributed by atoms with Crippen molar-refractivity contribution in [2.45, 2.75) is 38.1 Å². The van der Waals surface area contributed by atoms with Gasteiger partial charge in [0.15, 0.2) is 0 Å².